The smallest absolute Gasteiger partial charge is 0.0959 e. The molecule has 1 saturated carbocycles. The van der Waals surface area contributed by atoms with Crippen molar-refractivity contribution in [1.82, 2.24) is 9.88 Å². The zero-order valence-corrected chi connectivity index (χ0v) is 16.7. The number of aromatic nitrogens is 1. The van der Waals surface area contributed by atoms with Crippen LogP contribution in [-0.4, -0.2) is 29.0 Å². The van der Waals surface area contributed by atoms with Gasteiger partial charge >= 0.3 is 0 Å². The minimum Gasteiger partial charge on any atom is -0.327 e. The number of halogens is 2. The Bertz CT molecular complexity index is 472. The minimum atomic E-state index is 0. The van der Waals surface area contributed by atoms with E-state index in [0.717, 1.165) is 32.0 Å². The Morgan fingerprint density at radius 1 is 1.22 bits per heavy atom. The number of nitrogens with zero attached hydrogens (tertiary/aromatic N) is 2. The fourth-order valence-corrected chi connectivity index (χ4v) is 4.76. The Kier molecular flexibility index (Phi) is 8.29. The van der Waals surface area contributed by atoms with Gasteiger partial charge in [0, 0.05) is 37.0 Å². The summed E-state index contributed by atoms with van der Waals surface area (Å²) in [6.07, 6.45) is 7.98. The van der Waals surface area contributed by atoms with Gasteiger partial charge in [-0.05, 0) is 24.7 Å². The molecule has 1 aromatic rings. The van der Waals surface area contributed by atoms with Gasteiger partial charge in [0.1, 0.15) is 0 Å². The van der Waals surface area contributed by atoms with E-state index < -0.39 is 0 Å². The third kappa shape index (κ3) is 5.30. The second kappa shape index (κ2) is 9.00. The highest BCUT2D eigenvalue weighted by atomic mass is 35.5. The molecule has 2 fully saturated rings. The second-order valence-electron chi connectivity index (χ2n) is 7.61. The summed E-state index contributed by atoms with van der Waals surface area (Å²) in [5, 5.41) is 3.67. The normalized spacial score (nSPS) is 25.4. The first-order valence-electron chi connectivity index (χ1n) is 8.47. The average Bonchev–Trinajstić information content (AvgIpc) is 2.92. The summed E-state index contributed by atoms with van der Waals surface area (Å²) in [4.78, 5) is 7.47. The predicted octanol–water partition coefficient (Wildman–Crippen LogP) is 4.59. The van der Waals surface area contributed by atoms with Crippen LogP contribution in [0.5, 0.6) is 0 Å². The third-order valence-corrected chi connectivity index (χ3v) is 6.36. The Hall–Kier alpha value is 0.130. The van der Waals surface area contributed by atoms with Crippen LogP contribution < -0.4 is 5.73 Å². The number of hydrogen-bond acceptors (Lipinski definition) is 4. The summed E-state index contributed by atoms with van der Waals surface area (Å²) >= 11 is 1.88. The molecule has 3 nitrogen and oxygen atoms in total. The van der Waals surface area contributed by atoms with Gasteiger partial charge in [0.2, 0.25) is 0 Å². The molecule has 3 rings (SSSR count). The molecule has 1 atom stereocenters. The average molecular weight is 380 g/mol. The summed E-state index contributed by atoms with van der Waals surface area (Å²) in [6.45, 7) is 7.78. The van der Waals surface area contributed by atoms with E-state index in [1.165, 1.54) is 42.8 Å². The molecule has 1 saturated heterocycles. The van der Waals surface area contributed by atoms with E-state index in [4.69, 9.17) is 10.7 Å². The molecule has 6 heteroatoms. The molecular formula is C17H31Cl2N3S. The van der Waals surface area contributed by atoms with Crippen molar-refractivity contribution in [1.29, 1.82) is 0 Å². The zero-order valence-electron chi connectivity index (χ0n) is 14.3. The molecular weight excluding hydrogens is 349 g/mol. The maximum atomic E-state index is 6.23. The van der Waals surface area contributed by atoms with Crippen molar-refractivity contribution < 1.29 is 0 Å². The molecule has 2 aliphatic rings. The summed E-state index contributed by atoms with van der Waals surface area (Å²) in [7, 11) is 0. The molecule has 1 aliphatic carbocycles. The van der Waals surface area contributed by atoms with E-state index in [-0.39, 0.29) is 30.2 Å². The van der Waals surface area contributed by atoms with Crippen LogP contribution in [0.25, 0.3) is 0 Å². The van der Waals surface area contributed by atoms with Gasteiger partial charge in [-0.25, -0.2) is 4.98 Å². The van der Waals surface area contributed by atoms with Gasteiger partial charge in [0.05, 0.1) is 10.7 Å². The van der Waals surface area contributed by atoms with E-state index in [1.807, 2.05) is 11.3 Å². The van der Waals surface area contributed by atoms with Gasteiger partial charge in [-0.15, -0.1) is 36.2 Å². The topological polar surface area (TPSA) is 42.2 Å². The summed E-state index contributed by atoms with van der Waals surface area (Å²) < 4.78 is 0. The lowest BCUT2D eigenvalue weighted by Gasteiger charge is -2.42. The van der Waals surface area contributed by atoms with E-state index in [9.17, 15) is 0 Å². The van der Waals surface area contributed by atoms with Crippen molar-refractivity contribution >= 4 is 36.2 Å². The van der Waals surface area contributed by atoms with E-state index in [2.05, 4.69) is 24.1 Å². The van der Waals surface area contributed by atoms with E-state index >= 15 is 0 Å². The fourth-order valence-electron chi connectivity index (χ4n) is 3.78. The molecule has 0 radical (unpaired) electrons. The molecule has 0 amide bonds. The molecule has 134 valence electrons. The first kappa shape index (κ1) is 21.2. The zero-order chi connectivity index (χ0) is 14.9. The van der Waals surface area contributed by atoms with Crippen molar-refractivity contribution in [3.8, 4) is 0 Å². The molecule has 1 unspecified atom stereocenters. The predicted molar refractivity (Wildman–Crippen MR) is 104 cm³/mol. The molecule has 23 heavy (non-hydrogen) atoms. The van der Waals surface area contributed by atoms with Crippen molar-refractivity contribution in [3.63, 3.8) is 0 Å². The Labute approximate surface area is 157 Å². The Morgan fingerprint density at radius 3 is 2.57 bits per heavy atom. The molecule has 1 aromatic heterocycles. The first-order chi connectivity index (χ1) is 10.0. The monoisotopic (exact) mass is 379 g/mol. The van der Waals surface area contributed by atoms with E-state index in [0.29, 0.717) is 6.04 Å². The summed E-state index contributed by atoms with van der Waals surface area (Å²) in [5.74, 6) is 0.740. The molecule has 0 aromatic carbocycles. The maximum Gasteiger partial charge on any atom is 0.0959 e. The third-order valence-electron chi connectivity index (χ3n) is 5.30. The van der Waals surface area contributed by atoms with Crippen LogP contribution in [0.4, 0.5) is 0 Å². The Morgan fingerprint density at radius 2 is 1.91 bits per heavy atom. The number of thiazole rings is 1. The van der Waals surface area contributed by atoms with Crippen LogP contribution in [0.1, 0.15) is 69.0 Å². The molecule has 2 N–H and O–H groups in total. The quantitative estimate of drug-likeness (QED) is 0.834. The fraction of sp³-hybridized carbons (Fsp3) is 0.824. The van der Waals surface area contributed by atoms with Crippen molar-refractivity contribution in [2.45, 2.75) is 70.9 Å². The second-order valence-corrected chi connectivity index (χ2v) is 8.50. The summed E-state index contributed by atoms with van der Waals surface area (Å²) in [5.41, 5.74) is 7.72. The number of hydrogen-bond donors (Lipinski definition) is 1. The number of nitrogens with two attached hydrogens (primary N) is 1. The lowest BCUT2D eigenvalue weighted by atomic mass is 9.80. The Balaban J connectivity index is 0.00000132. The summed E-state index contributed by atoms with van der Waals surface area (Å²) in [6, 6.07) is 0.335. The maximum absolute atomic E-state index is 6.23. The molecule has 0 bridgehead atoms. The van der Waals surface area contributed by atoms with Gasteiger partial charge in [-0.3, -0.25) is 4.90 Å². The van der Waals surface area contributed by atoms with Gasteiger partial charge in [-0.2, -0.15) is 0 Å². The highest BCUT2D eigenvalue weighted by Crippen LogP contribution is 2.35. The largest absolute Gasteiger partial charge is 0.327 e. The van der Waals surface area contributed by atoms with Crippen LogP contribution >= 0.6 is 36.2 Å². The van der Waals surface area contributed by atoms with Gasteiger partial charge in [-0.1, -0.05) is 33.1 Å². The van der Waals surface area contributed by atoms with E-state index in [1.54, 1.807) is 0 Å². The highest BCUT2D eigenvalue weighted by molar-refractivity contribution is 7.09. The highest BCUT2D eigenvalue weighted by Gasteiger charge is 2.33. The number of rotatable bonds is 3. The first-order valence-corrected chi connectivity index (χ1v) is 9.35. The van der Waals surface area contributed by atoms with Gasteiger partial charge in [0.25, 0.3) is 0 Å². The van der Waals surface area contributed by atoms with Crippen molar-refractivity contribution in [2.75, 3.05) is 13.1 Å². The lowest BCUT2D eigenvalue weighted by molar-refractivity contribution is 0.0890. The molecule has 0 spiro atoms. The minimum absolute atomic E-state index is 0. The van der Waals surface area contributed by atoms with Gasteiger partial charge < -0.3 is 5.73 Å². The number of likely N-dealkylation sites (tertiary alicyclic amines) is 1. The van der Waals surface area contributed by atoms with Crippen molar-refractivity contribution in [3.05, 3.63) is 16.1 Å². The van der Waals surface area contributed by atoms with Crippen LogP contribution in [0.3, 0.4) is 0 Å². The number of piperidine rings is 1. The van der Waals surface area contributed by atoms with Gasteiger partial charge in [0.15, 0.2) is 0 Å². The van der Waals surface area contributed by atoms with Crippen molar-refractivity contribution in [2.24, 2.45) is 11.1 Å². The lowest BCUT2D eigenvalue weighted by Crippen LogP contribution is -2.52. The molecule has 1 aliphatic heterocycles. The van der Waals surface area contributed by atoms with Crippen LogP contribution in [-0.2, 0) is 6.54 Å². The van der Waals surface area contributed by atoms with Crippen LogP contribution in [0.15, 0.2) is 5.38 Å². The van der Waals surface area contributed by atoms with Crippen LogP contribution in [0, 0.1) is 5.41 Å². The molecule has 2 heterocycles. The van der Waals surface area contributed by atoms with Crippen LogP contribution in [0.2, 0.25) is 0 Å². The standard InChI is InChI=1S/C17H29N3S.2ClH/c1-17(2)12-20(9-8-15(17)18)10-14-11-21-16(19-14)13-6-4-3-5-7-13;;/h11,13,15H,3-10,12,18H2,1-2H3;2*1H. The SMILES string of the molecule is CC1(C)CN(Cc2csc(C3CCCCC3)n2)CCC1N.Cl.Cl.